The molecule has 3 aromatic carbocycles. The lowest BCUT2D eigenvalue weighted by molar-refractivity contribution is -0.115. The number of halogens is 1. The van der Waals surface area contributed by atoms with Gasteiger partial charge in [-0.05, 0) is 54.1 Å². The minimum Gasteiger partial charge on any atom is -0.497 e. The van der Waals surface area contributed by atoms with E-state index >= 15 is 0 Å². The fourth-order valence-electron chi connectivity index (χ4n) is 3.33. The first-order valence-electron chi connectivity index (χ1n) is 10.1. The molecular weight excluding hydrogens is 444 g/mol. The Hall–Kier alpha value is -3.97. The number of benzene rings is 3. The number of ether oxygens (including phenoxy) is 3. The van der Waals surface area contributed by atoms with Crippen molar-refractivity contribution in [3.63, 3.8) is 0 Å². The van der Waals surface area contributed by atoms with Gasteiger partial charge in [0.1, 0.15) is 11.5 Å². The maximum absolute atomic E-state index is 12.7. The Morgan fingerprint density at radius 1 is 1.09 bits per heavy atom. The molecule has 2 amide bonds. The molecule has 0 radical (unpaired) electrons. The number of anilines is 1. The highest BCUT2D eigenvalue weighted by molar-refractivity contribution is 6.32. The number of hydrogen-bond acceptors (Lipinski definition) is 5. The lowest BCUT2D eigenvalue weighted by atomic mass is 10.1. The summed E-state index contributed by atoms with van der Waals surface area (Å²) in [5.41, 5.74) is 2.21. The SMILES string of the molecule is COc1ccc(OC)c(CNC(=O)c2ccc3c(c2)NC(=O)C(=Cc2ccccc2Cl)O3)c1. The van der Waals surface area contributed by atoms with Crippen molar-refractivity contribution in [1.29, 1.82) is 0 Å². The molecule has 33 heavy (non-hydrogen) atoms. The fourth-order valence-corrected chi connectivity index (χ4v) is 3.52. The van der Waals surface area contributed by atoms with Crippen molar-refractivity contribution in [2.45, 2.75) is 6.54 Å². The van der Waals surface area contributed by atoms with Crippen LogP contribution < -0.4 is 24.8 Å². The van der Waals surface area contributed by atoms with E-state index in [1.807, 2.05) is 6.07 Å². The van der Waals surface area contributed by atoms with Crippen LogP contribution in [0.3, 0.4) is 0 Å². The third-order valence-electron chi connectivity index (χ3n) is 5.05. The predicted octanol–water partition coefficient (Wildman–Crippen LogP) is 4.66. The maximum Gasteiger partial charge on any atom is 0.291 e. The number of carbonyl (C=O) groups is 2. The number of carbonyl (C=O) groups excluding carboxylic acids is 2. The number of fused-ring (bicyclic) bond motifs is 1. The molecule has 0 saturated carbocycles. The molecule has 0 atom stereocenters. The van der Waals surface area contributed by atoms with E-state index in [-0.39, 0.29) is 18.2 Å². The normalized spacial score (nSPS) is 13.5. The Labute approximate surface area is 195 Å². The molecule has 0 aliphatic carbocycles. The summed E-state index contributed by atoms with van der Waals surface area (Å²) in [6, 6.07) is 17.3. The van der Waals surface area contributed by atoms with Gasteiger partial charge in [-0.25, -0.2) is 0 Å². The first kappa shape index (κ1) is 22.2. The Balaban J connectivity index is 1.49. The zero-order valence-corrected chi connectivity index (χ0v) is 18.7. The second-order valence-corrected chi connectivity index (χ2v) is 7.56. The van der Waals surface area contributed by atoms with Crippen molar-refractivity contribution in [3.8, 4) is 17.2 Å². The lowest BCUT2D eigenvalue weighted by Gasteiger charge is -2.20. The van der Waals surface area contributed by atoms with E-state index in [0.717, 1.165) is 5.56 Å². The molecule has 0 fully saturated rings. The number of nitrogens with one attached hydrogen (secondary N) is 2. The second kappa shape index (κ2) is 9.67. The topological polar surface area (TPSA) is 85.9 Å². The Kier molecular flexibility index (Phi) is 6.51. The van der Waals surface area contributed by atoms with E-state index in [2.05, 4.69) is 10.6 Å². The van der Waals surface area contributed by atoms with Crippen LogP contribution in [0.5, 0.6) is 17.2 Å². The molecule has 0 spiro atoms. The Morgan fingerprint density at radius 3 is 2.67 bits per heavy atom. The lowest BCUT2D eigenvalue weighted by Crippen LogP contribution is -2.26. The van der Waals surface area contributed by atoms with Gasteiger partial charge in [-0.15, -0.1) is 0 Å². The minimum atomic E-state index is -0.430. The number of rotatable bonds is 6. The van der Waals surface area contributed by atoms with Crippen LogP contribution in [0.1, 0.15) is 21.5 Å². The molecule has 3 aromatic rings. The van der Waals surface area contributed by atoms with Gasteiger partial charge in [0.15, 0.2) is 11.5 Å². The number of hydrogen-bond donors (Lipinski definition) is 2. The van der Waals surface area contributed by atoms with Crippen molar-refractivity contribution in [2.24, 2.45) is 0 Å². The summed E-state index contributed by atoms with van der Waals surface area (Å²) in [6.45, 7) is 0.240. The van der Waals surface area contributed by atoms with Gasteiger partial charge < -0.3 is 24.8 Å². The van der Waals surface area contributed by atoms with Crippen LogP contribution in [0.15, 0.2) is 66.4 Å². The van der Waals surface area contributed by atoms with Crippen LogP contribution in [0, 0.1) is 0 Å². The van der Waals surface area contributed by atoms with Gasteiger partial charge in [-0.3, -0.25) is 9.59 Å². The molecule has 168 valence electrons. The average Bonchev–Trinajstić information content (AvgIpc) is 2.83. The minimum absolute atomic E-state index is 0.109. The van der Waals surface area contributed by atoms with Gasteiger partial charge >= 0.3 is 0 Å². The quantitative estimate of drug-likeness (QED) is 0.518. The molecule has 8 heteroatoms. The maximum atomic E-state index is 12.7. The Morgan fingerprint density at radius 2 is 1.91 bits per heavy atom. The summed E-state index contributed by atoms with van der Waals surface area (Å²) in [5, 5.41) is 6.12. The summed E-state index contributed by atoms with van der Waals surface area (Å²) in [4.78, 5) is 25.2. The van der Waals surface area contributed by atoms with Crippen LogP contribution in [-0.2, 0) is 11.3 Å². The molecular formula is C25H21ClN2O5. The predicted molar refractivity (Wildman–Crippen MR) is 126 cm³/mol. The Bertz CT molecular complexity index is 1260. The highest BCUT2D eigenvalue weighted by Gasteiger charge is 2.23. The number of amides is 2. The summed E-state index contributed by atoms with van der Waals surface area (Å²) >= 11 is 6.17. The van der Waals surface area contributed by atoms with Gasteiger partial charge in [-0.2, -0.15) is 0 Å². The largest absolute Gasteiger partial charge is 0.497 e. The zero-order chi connectivity index (χ0) is 23.4. The van der Waals surface area contributed by atoms with Crippen molar-refractivity contribution in [2.75, 3.05) is 19.5 Å². The fraction of sp³-hybridized carbons (Fsp3) is 0.120. The van der Waals surface area contributed by atoms with Gasteiger partial charge in [0.25, 0.3) is 11.8 Å². The van der Waals surface area contributed by atoms with Crippen LogP contribution in [0.4, 0.5) is 5.69 Å². The first-order valence-corrected chi connectivity index (χ1v) is 10.4. The molecule has 7 nitrogen and oxygen atoms in total. The second-order valence-electron chi connectivity index (χ2n) is 7.16. The van der Waals surface area contributed by atoms with E-state index in [4.69, 9.17) is 25.8 Å². The summed E-state index contributed by atoms with van der Waals surface area (Å²) < 4.78 is 16.3. The van der Waals surface area contributed by atoms with Gasteiger partial charge in [0.05, 0.1) is 19.9 Å². The summed E-state index contributed by atoms with van der Waals surface area (Å²) in [6.07, 6.45) is 1.57. The van der Waals surface area contributed by atoms with Gasteiger partial charge in [-0.1, -0.05) is 29.8 Å². The molecule has 1 aliphatic heterocycles. The van der Waals surface area contributed by atoms with Crippen LogP contribution in [0.25, 0.3) is 6.08 Å². The molecule has 2 N–H and O–H groups in total. The van der Waals surface area contributed by atoms with E-state index in [1.165, 1.54) is 0 Å². The molecule has 0 bridgehead atoms. The van der Waals surface area contributed by atoms with Gasteiger partial charge in [0, 0.05) is 22.7 Å². The third kappa shape index (κ3) is 4.94. The molecule has 4 rings (SSSR count). The number of methoxy groups -OCH3 is 2. The zero-order valence-electron chi connectivity index (χ0n) is 18.0. The highest BCUT2D eigenvalue weighted by Crippen LogP contribution is 2.33. The van der Waals surface area contributed by atoms with E-state index in [1.54, 1.807) is 74.9 Å². The van der Waals surface area contributed by atoms with Gasteiger partial charge in [0.2, 0.25) is 0 Å². The van der Waals surface area contributed by atoms with Crippen molar-refractivity contribution in [3.05, 3.63) is 88.1 Å². The average molecular weight is 465 g/mol. The third-order valence-corrected chi connectivity index (χ3v) is 5.40. The van der Waals surface area contributed by atoms with E-state index in [0.29, 0.717) is 39.1 Å². The van der Waals surface area contributed by atoms with Crippen LogP contribution in [0.2, 0.25) is 5.02 Å². The van der Waals surface area contributed by atoms with Crippen LogP contribution in [-0.4, -0.2) is 26.0 Å². The van der Waals surface area contributed by atoms with Crippen molar-refractivity contribution in [1.82, 2.24) is 5.32 Å². The molecule has 0 saturated heterocycles. The van der Waals surface area contributed by atoms with Crippen molar-refractivity contribution < 1.29 is 23.8 Å². The molecule has 0 unspecified atom stereocenters. The standard InChI is InChI=1S/C25H21ClN2O5/c1-31-18-8-10-21(32-2)17(11-18)14-27-24(29)16-7-9-22-20(12-16)28-25(30)23(33-22)13-15-5-3-4-6-19(15)26/h3-13H,14H2,1-2H3,(H,27,29)(H,28,30). The van der Waals surface area contributed by atoms with E-state index in [9.17, 15) is 9.59 Å². The summed E-state index contributed by atoms with van der Waals surface area (Å²) in [7, 11) is 3.14. The van der Waals surface area contributed by atoms with Crippen LogP contribution >= 0.6 is 11.6 Å². The summed E-state index contributed by atoms with van der Waals surface area (Å²) in [5.74, 6) is 1.10. The molecule has 1 heterocycles. The molecule has 0 aromatic heterocycles. The van der Waals surface area contributed by atoms with Crippen molar-refractivity contribution >= 4 is 35.2 Å². The first-order chi connectivity index (χ1) is 16.0. The molecule has 1 aliphatic rings. The monoisotopic (exact) mass is 464 g/mol. The highest BCUT2D eigenvalue weighted by atomic mass is 35.5. The van der Waals surface area contributed by atoms with E-state index < -0.39 is 5.91 Å². The smallest absolute Gasteiger partial charge is 0.291 e.